The highest BCUT2D eigenvalue weighted by molar-refractivity contribution is 6.53. The summed E-state index contributed by atoms with van der Waals surface area (Å²) >= 11 is 0. The number of benzene rings is 2. The van der Waals surface area contributed by atoms with E-state index in [-0.39, 0.29) is 35.0 Å². The monoisotopic (exact) mass is 391 g/mol. The second kappa shape index (κ2) is 6.81. The molecule has 4 rings (SSSR count). The lowest BCUT2D eigenvalue weighted by atomic mass is 9.85. The van der Waals surface area contributed by atoms with Crippen molar-refractivity contribution >= 4 is 17.5 Å². The molecular weight excluding hydrogens is 373 g/mol. The molecule has 2 aromatic carbocycles. The maximum absolute atomic E-state index is 13.0. The van der Waals surface area contributed by atoms with Crippen LogP contribution in [0.2, 0.25) is 0 Å². The number of halogens is 1. The Kier molecular flexibility index (Phi) is 4.42. The van der Waals surface area contributed by atoms with Crippen LogP contribution in [-0.4, -0.2) is 17.5 Å². The predicted octanol–water partition coefficient (Wildman–Crippen LogP) is 4.32. The highest BCUT2D eigenvalue weighted by Gasteiger charge is 2.37. The van der Waals surface area contributed by atoms with Crippen LogP contribution in [0.4, 0.5) is 4.39 Å². The number of carbonyl (C=O) groups excluding carboxylic acids is 3. The third kappa shape index (κ3) is 3.06. The van der Waals surface area contributed by atoms with Crippen LogP contribution in [0.3, 0.4) is 0 Å². The van der Waals surface area contributed by atoms with Gasteiger partial charge in [-0.05, 0) is 61.7 Å². The third-order valence-corrected chi connectivity index (χ3v) is 5.28. The fourth-order valence-electron chi connectivity index (χ4n) is 3.49. The lowest BCUT2D eigenvalue weighted by Crippen LogP contribution is -2.23. The zero-order chi connectivity index (χ0) is 20.9. The molecule has 1 heterocycles. The number of hydrogen-bond acceptors (Lipinski definition) is 4. The van der Waals surface area contributed by atoms with Crippen LogP contribution in [0.15, 0.2) is 40.8 Å². The zero-order valence-corrected chi connectivity index (χ0v) is 16.2. The summed E-state index contributed by atoms with van der Waals surface area (Å²) in [6.07, 6.45) is 0. The summed E-state index contributed by atoms with van der Waals surface area (Å²) in [6, 6.07) is 9.24. The highest BCUT2D eigenvalue weighted by Crippen LogP contribution is 2.39. The molecule has 29 heavy (non-hydrogen) atoms. The highest BCUT2D eigenvalue weighted by atomic mass is 19.1. The zero-order valence-electron chi connectivity index (χ0n) is 16.2. The van der Waals surface area contributed by atoms with Crippen molar-refractivity contribution in [1.82, 2.24) is 5.32 Å². The minimum absolute atomic E-state index is 0.00987. The Labute approximate surface area is 166 Å². The number of nitrogens with one attached hydrogen (secondary N) is 1. The van der Waals surface area contributed by atoms with E-state index in [2.05, 4.69) is 5.32 Å². The maximum Gasteiger partial charge on any atom is 0.287 e. The van der Waals surface area contributed by atoms with Crippen molar-refractivity contribution in [1.29, 1.82) is 0 Å². The number of amides is 1. The number of hydrogen-bond donors (Lipinski definition) is 1. The van der Waals surface area contributed by atoms with Gasteiger partial charge in [-0.15, -0.1) is 0 Å². The van der Waals surface area contributed by atoms with Gasteiger partial charge in [0.1, 0.15) is 11.6 Å². The number of aryl methyl sites for hydroxylation is 2. The van der Waals surface area contributed by atoms with Gasteiger partial charge in [0.25, 0.3) is 5.91 Å². The van der Waals surface area contributed by atoms with Crippen LogP contribution in [0.5, 0.6) is 0 Å². The SMILES string of the molecule is Cc1cc2c(cc1C)-c1oc(C(=O)NCc3ccc(F)cc3)c(C)c1C(=O)C2=O. The predicted molar refractivity (Wildman–Crippen MR) is 105 cm³/mol. The molecular formula is C23H18FNO4. The van der Waals surface area contributed by atoms with Gasteiger partial charge in [-0.2, -0.15) is 0 Å². The molecule has 6 heteroatoms. The van der Waals surface area contributed by atoms with E-state index in [1.165, 1.54) is 12.1 Å². The van der Waals surface area contributed by atoms with Gasteiger partial charge in [0, 0.05) is 23.2 Å². The van der Waals surface area contributed by atoms with Crippen LogP contribution in [0.1, 0.15) is 53.5 Å². The number of carbonyl (C=O) groups is 3. The average Bonchev–Trinajstić information content (AvgIpc) is 3.04. The second-order valence-electron chi connectivity index (χ2n) is 7.21. The molecule has 1 aliphatic rings. The molecule has 0 unspecified atom stereocenters. The van der Waals surface area contributed by atoms with Gasteiger partial charge >= 0.3 is 0 Å². The third-order valence-electron chi connectivity index (χ3n) is 5.28. The normalized spacial score (nSPS) is 12.6. The van der Waals surface area contributed by atoms with E-state index < -0.39 is 17.5 Å². The van der Waals surface area contributed by atoms with Crippen molar-refractivity contribution in [3.63, 3.8) is 0 Å². The fraction of sp³-hybridized carbons (Fsp3) is 0.174. The molecule has 0 saturated carbocycles. The number of Topliss-reactive ketones (excluding diaryl/α,β-unsaturated/α-hetero) is 2. The van der Waals surface area contributed by atoms with Crippen molar-refractivity contribution in [2.75, 3.05) is 0 Å². The van der Waals surface area contributed by atoms with Crippen molar-refractivity contribution in [2.45, 2.75) is 27.3 Å². The van der Waals surface area contributed by atoms with E-state index in [1.54, 1.807) is 31.2 Å². The van der Waals surface area contributed by atoms with Gasteiger partial charge in [0.15, 0.2) is 5.76 Å². The van der Waals surface area contributed by atoms with Crippen molar-refractivity contribution in [3.8, 4) is 11.3 Å². The molecule has 0 atom stereocenters. The molecule has 0 fully saturated rings. The van der Waals surface area contributed by atoms with Crippen LogP contribution in [0, 0.1) is 26.6 Å². The first-order valence-electron chi connectivity index (χ1n) is 9.14. The van der Waals surface area contributed by atoms with E-state index in [1.807, 2.05) is 13.8 Å². The molecule has 0 radical (unpaired) electrons. The van der Waals surface area contributed by atoms with Crippen molar-refractivity contribution in [3.05, 3.63) is 81.4 Å². The van der Waals surface area contributed by atoms with Crippen LogP contribution < -0.4 is 5.32 Å². The Balaban J connectivity index is 1.71. The second-order valence-corrected chi connectivity index (χ2v) is 7.21. The van der Waals surface area contributed by atoms with Gasteiger partial charge in [-0.1, -0.05) is 12.1 Å². The average molecular weight is 391 g/mol. The molecule has 0 saturated heterocycles. The van der Waals surface area contributed by atoms with Gasteiger partial charge < -0.3 is 9.73 Å². The molecule has 1 aromatic heterocycles. The minimum atomic E-state index is -0.672. The number of rotatable bonds is 3. The standard InChI is InChI=1S/C23H18FNO4/c1-11-8-16-17(9-12(11)2)22-18(20(27)19(16)26)13(3)21(29-22)23(28)25-10-14-4-6-15(24)7-5-14/h4-9H,10H2,1-3H3,(H,25,28). The van der Waals surface area contributed by atoms with E-state index in [0.29, 0.717) is 11.1 Å². The number of furan rings is 1. The Morgan fingerprint density at radius 3 is 2.24 bits per heavy atom. The van der Waals surface area contributed by atoms with Gasteiger partial charge in [0.2, 0.25) is 11.6 Å². The smallest absolute Gasteiger partial charge is 0.287 e. The minimum Gasteiger partial charge on any atom is -0.450 e. The Morgan fingerprint density at radius 1 is 0.966 bits per heavy atom. The summed E-state index contributed by atoms with van der Waals surface area (Å²) in [5, 5.41) is 2.70. The van der Waals surface area contributed by atoms with Gasteiger partial charge in [0.05, 0.1) is 5.56 Å². The first-order valence-corrected chi connectivity index (χ1v) is 9.14. The number of ketones is 2. The summed E-state index contributed by atoms with van der Waals surface area (Å²) < 4.78 is 18.8. The molecule has 0 spiro atoms. The van der Waals surface area contributed by atoms with E-state index in [4.69, 9.17) is 4.42 Å². The molecule has 0 bridgehead atoms. The van der Waals surface area contributed by atoms with Gasteiger partial charge in [-0.25, -0.2) is 4.39 Å². The van der Waals surface area contributed by atoms with E-state index in [0.717, 1.165) is 16.7 Å². The van der Waals surface area contributed by atoms with Crippen LogP contribution in [0.25, 0.3) is 11.3 Å². The number of fused-ring (bicyclic) bond motifs is 3. The molecule has 1 aliphatic carbocycles. The van der Waals surface area contributed by atoms with E-state index in [9.17, 15) is 18.8 Å². The summed E-state index contributed by atoms with van der Waals surface area (Å²) in [6.45, 7) is 5.53. The topological polar surface area (TPSA) is 76.4 Å². The first kappa shape index (κ1) is 18.8. The Hall–Kier alpha value is -3.54. The molecule has 5 nitrogen and oxygen atoms in total. The molecule has 3 aromatic rings. The summed E-state index contributed by atoms with van der Waals surface area (Å²) in [4.78, 5) is 37.9. The summed E-state index contributed by atoms with van der Waals surface area (Å²) in [7, 11) is 0. The largest absolute Gasteiger partial charge is 0.450 e. The van der Waals surface area contributed by atoms with E-state index >= 15 is 0 Å². The van der Waals surface area contributed by atoms with Crippen molar-refractivity contribution < 1.29 is 23.2 Å². The summed E-state index contributed by atoms with van der Waals surface area (Å²) in [5.74, 6) is -1.90. The lowest BCUT2D eigenvalue weighted by molar-refractivity contribution is 0.0814. The van der Waals surface area contributed by atoms with Crippen molar-refractivity contribution in [2.24, 2.45) is 0 Å². The maximum atomic E-state index is 13.0. The Morgan fingerprint density at radius 2 is 1.59 bits per heavy atom. The molecule has 0 aliphatic heterocycles. The van der Waals surface area contributed by atoms with Gasteiger partial charge in [-0.3, -0.25) is 14.4 Å². The first-order chi connectivity index (χ1) is 13.8. The summed E-state index contributed by atoms with van der Waals surface area (Å²) in [5.41, 5.74) is 3.85. The van der Waals surface area contributed by atoms with Crippen LogP contribution in [-0.2, 0) is 6.54 Å². The molecule has 1 amide bonds. The fourth-order valence-corrected chi connectivity index (χ4v) is 3.49. The van der Waals surface area contributed by atoms with Crippen LogP contribution >= 0.6 is 0 Å². The quantitative estimate of drug-likeness (QED) is 0.675. The Bertz CT molecular complexity index is 1190. The molecule has 146 valence electrons. The molecule has 1 N–H and O–H groups in total. The lowest BCUT2D eigenvalue weighted by Gasteiger charge is -2.15.